The summed E-state index contributed by atoms with van der Waals surface area (Å²) in [4.78, 5) is 11.6. The number of halogens is 2. The third-order valence-electron chi connectivity index (χ3n) is 4.39. The maximum atomic E-state index is 14.0. The van der Waals surface area contributed by atoms with Crippen LogP contribution in [0.25, 0.3) is 11.1 Å². The van der Waals surface area contributed by atoms with Crippen molar-refractivity contribution in [3.63, 3.8) is 0 Å². The van der Waals surface area contributed by atoms with E-state index < -0.39 is 45.2 Å². The van der Waals surface area contributed by atoms with E-state index >= 15 is 0 Å². The van der Waals surface area contributed by atoms with Gasteiger partial charge in [0.25, 0.3) is 0 Å². The Morgan fingerprint density at radius 3 is 2.39 bits per heavy atom. The highest BCUT2D eigenvalue weighted by molar-refractivity contribution is 7.90. The van der Waals surface area contributed by atoms with Crippen LogP contribution in [0.5, 0.6) is 0 Å². The summed E-state index contributed by atoms with van der Waals surface area (Å²) in [6.45, 7) is 2.88. The fourth-order valence-electron chi connectivity index (χ4n) is 2.78. The number of ether oxygens (including phenoxy) is 2. The molecule has 0 bridgehead atoms. The lowest BCUT2D eigenvalue weighted by Gasteiger charge is -2.32. The van der Waals surface area contributed by atoms with E-state index in [-0.39, 0.29) is 12.2 Å². The zero-order valence-electron chi connectivity index (χ0n) is 15.2. The Kier molecular flexibility index (Phi) is 5.66. The summed E-state index contributed by atoms with van der Waals surface area (Å²) in [6, 6.07) is 8.83. The number of sulfonamides is 1. The van der Waals surface area contributed by atoms with Crippen molar-refractivity contribution in [2.45, 2.75) is 31.2 Å². The summed E-state index contributed by atoms with van der Waals surface area (Å²) < 4.78 is 63.9. The van der Waals surface area contributed by atoms with Crippen molar-refractivity contribution in [2.75, 3.05) is 6.61 Å². The van der Waals surface area contributed by atoms with Gasteiger partial charge in [-0.05, 0) is 37.1 Å². The van der Waals surface area contributed by atoms with Gasteiger partial charge in [-0.1, -0.05) is 24.3 Å². The van der Waals surface area contributed by atoms with E-state index in [1.54, 1.807) is 24.3 Å². The molecule has 0 aliphatic carbocycles. The average molecular weight is 411 g/mol. The largest absolute Gasteiger partial charge is 0.509 e. The van der Waals surface area contributed by atoms with Crippen molar-refractivity contribution < 1.29 is 31.5 Å². The van der Waals surface area contributed by atoms with Gasteiger partial charge >= 0.3 is 6.16 Å². The van der Waals surface area contributed by atoms with Crippen LogP contribution < -0.4 is 4.72 Å². The molecular weight excluding hydrogens is 392 g/mol. The molecule has 1 aliphatic heterocycles. The number of hydrogen-bond donors (Lipinski definition) is 1. The minimum atomic E-state index is -3.62. The van der Waals surface area contributed by atoms with Crippen LogP contribution in [-0.2, 0) is 19.5 Å². The minimum absolute atomic E-state index is 0.177. The lowest BCUT2D eigenvalue weighted by molar-refractivity contribution is -0.0398. The van der Waals surface area contributed by atoms with Gasteiger partial charge in [0.15, 0.2) is 6.10 Å². The maximum Gasteiger partial charge on any atom is 0.509 e. The van der Waals surface area contributed by atoms with E-state index in [4.69, 9.17) is 9.47 Å². The normalized spacial score (nSPS) is 20.0. The van der Waals surface area contributed by atoms with Crippen molar-refractivity contribution in [1.82, 2.24) is 4.72 Å². The number of carbonyl (C=O) groups is 1. The van der Waals surface area contributed by atoms with E-state index in [0.717, 1.165) is 12.1 Å². The monoisotopic (exact) mass is 411 g/mol. The maximum absolute atomic E-state index is 14.0. The molecule has 6 nitrogen and oxygen atoms in total. The molecule has 1 N–H and O–H groups in total. The summed E-state index contributed by atoms with van der Waals surface area (Å²) in [7, 11) is -3.62. The fourth-order valence-corrected chi connectivity index (χ4v) is 3.67. The molecule has 1 heterocycles. The summed E-state index contributed by atoms with van der Waals surface area (Å²) in [5.74, 6) is -1.37. The Bertz CT molecular complexity index is 976. The molecule has 0 amide bonds. The highest BCUT2D eigenvalue weighted by Crippen LogP contribution is 2.30. The van der Waals surface area contributed by atoms with Crippen LogP contribution in [0.1, 0.15) is 25.5 Å². The third kappa shape index (κ3) is 4.31. The van der Waals surface area contributed by atoms with Crippen molar-refractivity contribution in [3.8, 4) is 11.1 Å². The Morgan fingerprint density at radius 2 is 1.79 bits per heavy atom. The smallest absolute Gasteiger partial charge is 0.432 e. The average Bonchev–Trinajstić information content (AvgIpc) is 2.63. The summed E-state index contributed by atoms with van der Waals surface area (Å²) >= 11 is 0. The summed E-state index contributed by atoms with van der Waals surface area (Å²) in [6.07, 6.45) is -1.81. The van der Waals surface area contributed by atoms with E-state index in [0.29, 0.717) is 11.1 Å². The molecule has 9 heteroatoms. The zero-order valence-corrected chi connectivity index (χ0v) is 16.0. The molecule has 1 aliphatic rings. The van der Waals surface area contributed by atoms with Crippen LogP contribution in [0.3, 0.4) is 0 Å². The van der Waals surface area contributed by atoms with Crippen LogP contribution in [0.2, 0.25) is 0 Å². The second kappa shape index (κ2) is 7.84. The van der Waals surface area contributed by atoms with E-state index in [1.165, 1.54) is 19.9 Å². The number of rotatable bonds is 5. The quantitative estimate of drug-likeness (QED) is 0.761. The fraction of sp³-hybridized carbons (Fsp3) is 0.316. The van der Waals surface area contributed by atoms with Gasteiger partial charge in [-0.3, -0.25) is 0 Å². The van der Waals surface area contributed by atoms with Crippen LogP contribution in [0.4, 0.5) is 13.6 Å². The summed E-state index contributed by atoms with van der Waals surface area (Å²) in [5.41, 5.74) is 1.23. The Morgan fingerprint density at radius 1 is 1.11 bits per heavy atom. The molecule has 1 fully saturated rings. The molecule has 0 saturated carbocycles. The second-order valence-electron chi connectivity index (χ2n) is 6.66. The lowest BCUT2D eigenvalue weighted by atomic mass is 9.98. The van der Waals surface area contributed by atoms with Crippen molar-refractivity contribution in [1.29, 1.82) is 0 Å². The van der Waals surface area contributed by atoms with Crippen molar-refractivity contribution in [3.05, 3.63) is 59.7 Å². The minimum Gasteiger partial charge on any atom is -0.432 e. The van der Waals surface area contributed by atoms with Crippen LogP contribution in [-0.4, -0.2) is 32.5 Å². The molecule has 0 aromatic heterocycles. The Hall–Kier alpha value is -2.52. The number of hydrogen-bond acceptors (Lipinski definition) is 5. The standard InChI is InChI=1S/C19H19F2NO5S/c1-11(2)28(24,25)22-17-10-26-19(23)27-18(17)13-5-3-12(4-6-13)15-8-7-14(20)9-16(15)21/h3-9,11,17-18,22H,10H2,1-2H3. The van der Waals surface area contributed by atoms with Gasteiger partial charge < -0.3 is 9.47 Å². The molecule has 2 aromatic carbocycles. The van der Waals surface area contributed by atoms with Gasteiger partial charge in [0.1, 0.15) is 18.2 Å². The topological polar surface area (TPSA) is 81.7 Å². The molecule has 3 rings (SSSR count). The number of carbonyl (C=O) groups excluding carboxylic acids is 1. The molecule has 150 valence electrons. The lowest BCUT2D eigenvalue weighted by Crippen LogP contribution is -2.49. The van der Waals surface area contributed by atoms with Gasteiger partial charge in [-0.25, -0.2) is 26.7 Å². The third-order valence-corrected chi connectivity index (χ3v) is 6.26. The Labute approximate surface area is 161 Å². The predicted octanol–water partition coefficient (Wildman–Crippen LogP) is 3.54. The van der Waals surface area contributed by atoms with E-state index in [1.807, 2.05) is 0 Å². The van der Waals surface area contributed by atoms with Crippen LogP contribution in [0.15, 0.2) is 42.5 Å². The molecular formula is C19H19F2NO5S. The first-order valence-electron chi connectivity index (χ1n) is 8.57. The van der Waals surface area contributed by atoms with Crippen LogP contribution in [0, 0.1) is 11.6 Å². The van der Waals surface area contributed by atoms with Gasteiger partial charge in [0.05, 0.1) is 11.3 Å². The van der Waals surface area contributed by atoms with Gasteiger partial charge in [0.2, 0.25) is 10.0 Å². The van der Waals surface area contributed by atoms with Crippen molar-refractivity contribution in [2.24, 2.45) is 0 Å². The molecule has 0 spiro atoms. The SMILES string of the molecule is CC(C)S(=O)(=O)NC1COC(=O)OC1c1ccc(-c2ccc(F)cc2F)cc1. The van der Waals surface area contributed by atoms with Gasteiger partial charge in [-0.2, -0.15) is 0 Å². The molecule has 28 heavy (non-hydrogen) atoms. The molecule has 1 saturated heterocycles. The summed E-state index contributed by atoms with van der Waals surface area (Å²) in [5, 5.41) is -0.672. The van der Waals surface area contributed by atoms with Crippen LogP contribution >= 0.6 is 0 Å². The second-order valence-corrected chi connectivity index (χ2v) is 8.93. The van der Waals surface area contributed by atoms with E-state index in [9.17, 15) is 22.0 Å². The van der Waals surface area contributed by atoms with E-state index in [2.05, 4.69) is 4.72 Å². The molecule has 2 aromatic rings. The predicted molar refractivity (Wildman–Crippen MR) is 97.9 cm³/mol. The first kappa shape index (κ1) is 20.2. The van der Waals surface area contributed by atoms with Gasteiger partial charge in [-0.15, -0.1) is 0 Å². The number of benzene rings is 2. The molecule has 2 unspecified atom stereocenters. The number of cyclic esters (lactones) is 2. The molecule has 0 radical (unpaired) electrons. The first-order valence-corrected chi connectivity index (χ1v) is 10.1. The Balaban J connectivity index is 1.88. The zero-order chi connectivity index (χ0) is 20.5. The molecule has 2 atom stereocenters. The first-order chi connectivity index (χ1) is 13.2. The highest BCUT2D eigenvalue weighted by atomic mass is 32.2. The van der Waals surface area contributed by atoms with Gasteiger partial charge in [0, 0.05) is 11.6 Å². The number of nitrogens with one attached hydrogen (secondary N) is 1. The highest BCUT2D eigenvalue weighted by Gasteiger charge is 2.36. The van der Waals surface area contributed by atoms with Crippen molar-refractivity contribution >= 4 is 16.2 Å².